The number of nitrogens with one attached hydrogen (secondary N) is 1. The Balaban J connectivity index is 1.49. The van der Waals surface area contributed by atoms with Gasteiger partial charge in [-0.25, -0.2) is 0 Å². The summed E-state index contributed by atoms with van der Waals surface area (Å²) in [6.45, 7) is 10.5. The number of benzene rings is 1. The molecule has 1 N–H and O–H groups in total. The van der Waals surface area contributed by atoms with E-state index in [1.807, 2.05) is 43.0 Å². The van der Waals surface area contributed by atoms with Crippen molar-refractivity contribution in [1.82, 2.24) is 20.3 Å². The maximum atomic E-state index is 12.7. The summed E-state index contributed by atoms with van der Waals surface area (Å²) in [6.07, 6.45) is 2.24. The Labute approximate surface area is 189 Å². The Hall–Kier alpha value is -2.54. The molecule has 0 atom stereocenters. The molecule has 1 aliphatic rings. The van der Waals surface area contributed by atoms with E-state index in [1.54, 1.807) is 0 Å². The van der Waals surface area contributed by atoms with Crippen molar-refractivity contribution in [1.29, 1.82) is 0 Å². The number of aromatic nitrogens is 1. The highest BCUT2D eigenvalue weighted by atomic mass is 35.5. The smallest absolute Gasteiger partial charge is 0.227 e. The summed E-state index contributed by atoms with van der Waals surface area (Å²) in [6, 6.07) is 7.50. The van der Waals surface area contributed by atoms with Crippen LogP contribution in [-0.4, -0.2) is 66.1 Å². The van der Waals surface area contributed by atoms with E-state index in [-0.39, 0.29) is 5.91 Å². The van der Waals surface area contributed by atoms with Gasteiger partial charge in [0.15, 0.2) is 5.96 Å². The van der Waals surface area contributed by atoms with E-state index in [4.69, 9.17) is 21.1 Å². The van der Waals surface area contributed by atoms with Gasteiger partial charge in [0, 0.05) is 49.9 Å². The number of hydrogen-bond acceptors (Lipinski definition) is 4. The average Bonchev–Trinajstić information content (AvgIpc) is 3.08. The Morgan fingerprint density at radius 1 is 1.23 bits per heavy atom. The van der Waals surface area contributed by atoms with Crippen LogP contribution in [0.2, 0.25) is 5.02 Å². The molecule has 0 bridgehead atoms. The zero-order chi connectivity index (χ0) is 22.2. The summed E-state index contributed by atoms with van der Waals surface area (Å²) < 4.78 is 5.23. The zero-order valence-corrected chi connectivity index (χ0v) is 19.4. The van der Waals surface area contributed by atoms with Crippen LogP contribution < -0.4 is 5.32 Å². The number of piperazine rings is 1. The molecule has 0 aliphatic carbocycles. The van der Waals surface area contributed by atoms with Crippen molar-refractivity contribution >= 4 is 23.5 Å². The minimum absolute atomic E-state index is 0.142. The van der Waals surface area contributed by atoms with Gasteiger partial charge < -0.3 is 19.6 Å². The summed E-state index contributed by atoms with van der Waals surface area (Å²) in [5.41, 5.74) is 3.10. The number of carbonyl (C=O) groups excluding carboxylic acids is 1. The number of carbonyl (C=O) groups is 1. The summed E-state index contributed by atoms with van der Waals surface area (Å²) in [4.78, 5) is 21.6. The highest BCUT2D eigenvalue weighted by molar-refractivity contribution is 6.30. The Morgan fingerprint density at radius 3 is 2.61 bits per heavy atom. The van der Waals surface area contributed by atoms with Gasteiger partial charge in [-0.1, -0.05) is 28.9 Å². The van der Waals surface area contributed by atoms with Gasteiger partial charge in [-0.3, -0.25) is 9.79 Å². The molecule has 31 heavy (non-hydrogen) atoms. The van der Waals surface area contributed by atoms with Crippen LogP contribution >= 0.6 is 11.6 Å². The minimum Gasteiger partial charge on any atom is -0.361 e. The molecular formula is C23H32ClN5O2. The molecule has 0 unspecified atom stereocenters. The van der Waals surface area contributed by atoms with Crippen molar-refractivity contribution in [3.8, 4) is 0 Å². The molecule has 2 heterocycles. The molecule has 0 spiro atoms. The van der Waals surface area contributed by atoms with E-state index < -0.39 is 0 Å². The second-order valence-corrected chi connectivity index (χ2v) is 8.25. The maximum Gasteiger partial charge on any atom is 0.227 e. The van der Waals surface area contributed by atoms with Crippen LogP contribution in [0.15, 0.2) is 33.8 Å². The molecule has 7 nitrogen and oxygen atoms in total. The third-order valence-electron chi connectivity index (χ3n) is 5.54. The highest BCUT2D eigenvalue weighted by Crippen LogP contribution is 2.15. The van der Waals surface area contributed by atoms with Crippen molar-refractivity contribution in [2.75, 3.05) is 39.3 Å². The van der Waals surface area contributed by atoms with Crippen molar-refractivity contribution < 1.29 is 9.32 Å². The van der Waals surface area contributed by atoms with E-state index in [2.05, 4.69) is 22.3 Å². The molecule has 1 amide bonds. The number of halogens is 1. The van der Waals surface area contributed by atoms with Crippen LogP contribution in [0.1, 0.15) is 35.9 Å². The molecule has 1 aliphatic heterocycles. The SMILES string of the molecule is CCNC(=NCCCc1c(C)noc1C)N1CCN(C(=O)Cc2cccc(Cl)c2)CC1. The van der Waals surface area contributed by atoms with Crippen LogP contribution in [0.5, 0.6) is 0 Å². The monoisotopic (exact) mass is 445 g/mol. The number of hydrogen-bond donors (Lipinski definition) is 1. The lowest BCUT2D eigenvalue weighted by Gasteiger charge is -2.36. The summed E-state index contributed by atoms with van der Waals surface area (Å²) >= 11 is 6.03. The highest BCUT2D eigenvalue weighted by Gasteiger charge is 2.23. The number of nitrogens with zero attached hydrogens (tertiary/aromatic N) is 4. The number of guanidine groups is 1. The fourth-order valence-electron chi connectivity index (χ4n) is 3.83. The molecule has 1 aromatic heterocycles. The third-order valence-corrected chi connectivity index (χ3v) is 5.77. The van der Waals surface area contributed by atoms with Gasteiger partial charge >= 0.3 is 0 Å². The Bertz CT molecular complexity index is 884. The van der Waals surface area contributed by atoms with Gasteiger partial charge in [0.2, 0.25) is 5.91 Å². The summed E-state index contributed by atoms with van der Waals surface area (Å²) in [7, 11) is 0. The van der Waals surface area contributed by atoms with Gasteiger partial charge in [-0.2, -0.15) is 0 Å². The topological polar surface area (TPSA) is 74.0 Å². The molecule has 3 rings (SSSR count). The predicted octanol–water partition coefficient (Wildman–Crippen LogP) is 3.23. The molecule has 1 aromatic carbocycles. The lowest BCUT2D eigenvalue weighted by molar-refractivity contribution is -0.131. The van der Waals surface area contributed by atoms with Crippen molar-refractivity contribution in [2.45, 2.75) is 40.0 Å². The molecule has 168 valence electrons. The van der Waals surface area contributed by atoms with E-state index >= 15 is 0 Å². The van der Waals surface area contributed by atoms with E-state index in [0.29, 0.717) is 24.5 Å². The quantitative estimate of drug-likeness (QED) is 0.402. The number of rotatable bonds is 7. The largest absolute Gasteiger partial charge is 0.361 e. The van der Waals surface area contributed by atoms with E-state index in [0.717, 1.165) is 62.0 Å². The average molecular weight is 446 g/mol. The van der Waals surface area contributed by atoms with Gasteiger partial charge in [0.05, 0.1) is 12.1 Å². The first-order valence-corrected chi connectivity index (χ1v) is 11.3. The molecule has 2 aromatic rings. The molecule has 8 heteroatoms. The maximum absolute atomic E-state index is 12.7. The first-order chi connectivity index (χ1) is 15.0. The van der Waals surface area contributed by atoms with Crippen LogP contribution in [0.4, 0.5) is 0 Å². The third kappa shape index (κ3) is 6.47. The van der Waals surface area contributed by atoms with E-state index in [1.165, 1.54) is 5.56 Å². The van der Waals surface area contributed by atoms with Gasteiger partial charge in [-0.15, -0.1) is 0 Å². The molecular weight excluding hydrogens is 414 g/mol. The van der Waals surface area contributed by atoms with Crippen molar-refractivity contribution in [3.63, 3.8) is 0 Å². The summed E-state index contributed by atoms with van der Waals surface area (Å²) in [5.74, 6) is 1.96. The number of aliphatic imine (C=N–C) groups is 1. The fraction of sp³-hybridized carbons (Fsp3) is 0.522. The first kappa shape index (κ1) is 23.1. The second kappa shape index (κ2) is 11.2. The second-order valence-electron chi connectivity index (χ2n) is 7.82. The number of aryl methyl sites for hydroxylation is 2. The molecule has 0 saturated carbocycles. The summed E-state index contributed by atoms with van der Waals surface area (Å²) in [5, 5.41) is 8.06. The number of amides is 1. The van der Waals surface area contributed by atoms with Crippen molar-refractivity contribution in [3.05, 3.63) is 51.9 Å². The van der Waals surface area contributed by atoms with Gasteiger partial charge in [-0.05, 0) is 51.3 Å². The normalized spacial score (nSPS) is 14.8. The van der Waals surface area contributed by atoms with Crippen LogP contribution in [-0.2, 0) is 17.6 Å². The van der Waals surface area contributed by atoms with E-state index in [9.17, 15) is 4.79 Å². The first-order valence-electron chi connectivity index (χ1n) is 10.9. The molecule has 0 radical (unpaired) electrons. The standard InChI is InChI=1S/C23H32ClN5O2/c1-4-25-23(26-10-6-9-21-17(2)27-31-18(21)3)29-13-11-28(12-14-29)22(30)16-19-7-5-8-20(24)15-19/h5,7-8,15H,4,6,9-14,16H2,1-3H3,(H,25,26). The Kier molecular flexibility index (Phi) is 8.35. The van der Waals surface area contributed by atoms with Gasteiger partial charge in [0.25, 0.3) is 0 Å². The predicted molar refractivity (Wildman–Crippen MR) is 124 cm³/mol. The van der Waals surface area contributed by atoms with Crippen LogP contribution in [0, 0.1) is 13.8 Å². The van der Waals surface area contributed by atoms with Crippen molar-refractivity contribution in [2.24, 2.45) is 4.99 Å². The van der Waals surface area contributed by atoms with Crippen LogP contribution in [0.3, 0.4) is 0 Å². The molecule has 1 saturated heterocycles. The Morgan fingerprint density at radius 2 is 1.97 bits per heavy atom. The lowest BCUT2D eigenvalue weighted by Crippen LogP contribution is -2.54. The van der Waals surface area contributed by atoms with Crippen LogP contribution in [0.25, 0.3) is 0 Å². The van der Waals surface area contributed by atoms with Gasteiger partial charge in [0.1, 0.15) is 5.76 Å². The zero-order valence-electron chi connectivity index (χ0n) is 18.7. The molecule has 1 fully saturated rings. The lowest BCUT2D eigenvalue weighted by atomic mass is 10.1. The minimum atomic E-state index is 0.142. The fourth-order valence-corrected chi connectivity index (χ4v) is 4.04.